The number of aryl methyl sites for hydroxylation is 2. The molecule has 1 heterocycles. The lowest BCUT2D eigenvalue weighted by molar-refractivity contribution is 0.413. The van der Waals surface area contributed by atoms with Crippen LogP contribution in [0.1, 0.15) is 17.0 Å². The Bertz CT molecular complexity index is 808. The zero-order valence-electron chi connectivity index (χ0n) is 12.4. The van der Waals surface area contributed by atoms with Gasteiger partial charge in [0.2, 0.25) is 0 Å². The second-order valence-electron chi connectivity index (χ2n) is 5.12. The van der Waals surface area contributed by atoms with Crippen molar-refractivity contribution < 1.29 is 4.74 Å². The van der Waals surface area contributed by atoms with Crippen molar-refractivity contribution in [3.05, 3.63) is 53.3 Å². The van der Waals surface area contributed by atoms with Crippen molar-refractivity contribution in [1.29, 1.82) is 0 Å². The van der Waals surface area contributed by atoms with Crippen molar-refractivity contribution in [2.75, 3.05) is 7.11 Å². The largest absolute Gasteiger partial charge is 0.495 e. The number of hydrogen-bond donors (Lipinski definition) is 0. The van der Waals surface area contributed by atoms with Gasteiger partial charge in [-0.05, 0) is 43.2 Å². The van der Waals surface area contributed by atoms with E-state index in [-0.39, 0.29) is 0 Å². The topological polar surface area (TPSA) is 27.1 Å². The molecule has 0 aliphatic heterocycles. The number of methoxy groups -OCH3 is 1. The summed E-state index contributed by atoms with van der Waals surface area (Å²) in [6.07, 6.45) is 0. The summed E-state index contributed by atoms with van der Waals surface area (Å²) in [5.74, 6) is 1.99. The number of hydrogen-bond acceptors (Lipinski definition) is 2. The van der Waals surface area contributed by atoms with Crippen LogP contribution < -0.4 is 4.74 Å². The van der Waals surface area contributed by atoms with Gasteiger partial charge in [0.05, 0.1) is 29.7 Å². The van der Waals surface area contributed by atoms with Gasteiger partial charge in [0.15, 0.2) is 0 Å². The number of rotatable bonds is 3. The summed E-state index contributed by atoms with van der Waals surface area (Å²) < 4.78 is 7.62. The Balaban J connectivity index is 2.41. The molecule has 0 aliphatic rings. The van der Waals surface area contributed by atoms with E-state index in [9.17, 15) is 0 Å². The molecule has 0 fully saturated rings. The molecule has 108 valence electrons. The van der Waals surface area contributed by atoms with E-state index in [2.05, 4.69) is 35.5 Å². The van der Waals surface area contributed by atoms with Gasteiger partial charge >= 0.3 is 0 Å². The normalized spacial score (nSPS) is 11.0. The van der Waals surface area contributed by atoms with E-state index in [1.54, 1.807) is 7.11 Å². The molecule has 0 saturated carbocycles. The molecule has 3 aromatic rings. The Morgan fingerprint density at radius 3 is 2.71 bits per heavy atom. The Labute approximate surface area is 129 Å². The number of para-hydroxylation sites is 1. The lowest BCUT2D eigenvalue weighted by atomic mass is 10.1. The van der Waals surface area contributed by atoms with Crippen LogP contribution in [0.15, 0.2) is 36.4 Å². The first-order valence-corrected chi connectivity index (χ1v) is 7.37. The van der Waals surface area contributed by atoms with E-state index >= 15 is 0 Å². The average molecular weight is 301 g/mol. The minimum absolute atomic E-state index is 0.352. The van der Waals surface area contributed by atoms with Crippen LogP contribution in [0.5, 0.6) is 5.75 Å². The van der Waals surface area contributed by atoms with Gasteiger partial charge in [0, 0.05) is 0 Å². The molecular formula is C17H17ClN2O. The van der Waals surface area contributed by atoms with E-state index < -0.39 is 0 Å². The first-order valence-electron chi connectivity index (χ1n) is 6.83. The van der Waals surface area contributed by atoms with Gasteiger partial charge in [0.25, 0.3) is 0 Å². The molecule has 0 radical (unpaired) electrons. The van der Waals surface area contributed by atoms with Crippen LogP contribution in [-0.2, 0) is 5.88 Å². The quantitative estimate of drug-likeness (QED) is 0.671. The highest BCUT2D eigenvalue weighted by Gasteiger charge is 2.16. The summed E-state index contributed by atoms with van der Waals surface area (Å²) >= 11 is 6.12. The van der Waals surface area contributed by atoms with Crippen LogP contribution in [-0.4, -0.2) is 16.7 Å². The molecule has 0 spiro atoms. The fraction of sp³-hybridized carbons (Fsp3) is 0.235. The van der Waals surface area contributed by atoms with Gasteiger partial charge < -0.3 is 4.74 Å². The summed E-state index contributed by atoms with van der Waals surface area (Å²) in [6.45, 7) is 4.15. The second-order valence-corrected chi connectivity index (χ2v) is 5.38. The highest BCUT2D eigenvalue weighted by molar-refractivity contribution is 6.17. The van der Waals surface area contributed by atoms with Gasteiger partial charge in [-0.2, -0.15) is 0 Å². The Hall–Kier alpha value is -2.00. The first kappa shape index (κ1) is 14.0. The smallest absolute Gasteiger partial charge is 0.142 e. The molecular weight excluding hydrogens is 284 g/mol. The summed E-state index contributed by atoms with van der Waals surface area (Å²) in [6, 6.07) is 12.2. The first-order chi connectivity index (χ1) is 10.2. The second kappa shape index (κ2) is 5.41. The van der Waals surface area contributed by atoms with Crippen LogP contribution in [0.2, 0.25) is 0 Å². The van der Waals surface area contributed by atoms with E-state index in [1.165, 1.54) is 11.1 Å². The Morgan fingerprint density at radius 1 is 1.19 bits per heavy atom. The third-order valence-electron chi connectivity index (χ3n) is 3.64. The SMILES string of the molecule is COc1ccc(C)cc1-n1c(CCl)nc2cccc(C)c21. The van der Waals surface area contributed by atoms with Crippen LogP contribution in [0.4, 0.5) is 0 Å². The molecule has 3 nitrogen and oxygen atoms in total. The summed E-state index contributed by atoms with van der Waals surface area (Å²) in [7, 11) is 1.68. The number of imidazole rings is 1. The number of nitrogens with zero attached hydrogens (tertiary/aromatic N) is 2. The molecule has 2 aromatic carbocycles. The van der Waals surface area contributed by atoms with Crippen molar-refractivity contribution in [1.82, 2.24) is 9.55 Å². The van der Waals surface area contributed by atoms with Gasteiger partial charge in [-0.3, -0.25) is 4.57 Å². The average Bonchev–Trinajstić information content (AvgIpc) is 2.87. The Kier molecular flexibility index (Phi) is 3.60. The van der Waals surface area contributed by atoms with Crippen molar-refractivity contribution in [2.45, 2.75) is 19.7 Å². The standard InChI is InChI=1S/C17H17ClN2O/c1-11-7-8-15(21-3)14(9-11)20-16(10-18)19-13-6-4-5-12(2)17(13)20/h4-9H,10H2,1-3H3. The van der Waals surface area contributed by atoms with Crippen LogP contribution in [0.25, 0.3) is 16.7 Å². The number of alkyl halides is 1. The van der Waals surface area contributed by atoms with E-state index in [0.717, 1.165) is 28.3 Å². The lowest BCUT2D eigenvalue weighted by Gasteiger charge is -2.14. The molecule has 21 heavy (non-hydrogen) atoms. The van der Waals surface area contributed by atoms with Gasteiger partial charge in [-0.1, -0.05) is 18.2 Å². The molecule has 0 unspecified atom stereocenters. The highest BCUT2D eigenvalue weighted by Crippen LogP contribution is 2.31. The number of fused-ring (bicyclic) bond motifs is 1. The van der Waals surface area contributed by atoms with Crippen LogP contribution in [0.3, 0.4) is 0 Å². The molecule has 1 aromatic heterocycles. The van der Waals surface area contributed by atoms with Crippen molar-refractivity contribution in [3.63, 3.8) is 0 Å². The van der Waals surface area contributed by atoms with Gasteiger partial charge in [-0.15, -0.1) is 11.6 Å². The zero-order chi connectivity index (χ0) is 15.0. The van der Waals surface area contributed by atoms with Crippen LogP contribution in [0, 0.1) is 13.8 Å². The van der Waals surface area contributed by atoms with E-state index in [0.29, 0.717) is 5.88 Å². The van der Waals surface area contributed by atoms with Gasteiger partial charge in [-0.25, -0.2) is 4.98 Å². The van der Waals surface area contributed by atoms with Crippen molar-refractivity contribution in [3.8, 4) is 11.4 Å². The summed E-state index contributed by atoms with van der Waals surface area (Å²) in [5.41, 5.74) is 5.35. The molecule has 0 aliphatic carbocycles. The third-order valence-corrected chi connectivity index (χ3v) is 3.88. The minimum atomic E-state index is 0.352. The summed E-state index contributed by atoms with van der Waals surface area (Å²) in [5, 5.41) is 0. The monoisotopic (exact) mass is 300 g/mol. The molecule has 0 bridgehead atoms. The number of aromatic nitrogens is 2. The number of halogens is 1. The van der Waals surface area contributed by atoms with E-state index in [1.807, 2.05) is 24.3 Å². The molecule has 0 saturated heterocycles. The fourth-order valence-electron chi connectivity index (χ4n) is 2.67. The number of ether oxygens (including phenoxy) is 1. The van der Waals surface area contributed by atoms with Crippen molar-refractivity contribution >= 4 is 22.6 Å². The molecule has 0 amide bonds. The third kappa shape index (κ3) is 2.28. The maximum atomic E-state index is 6.12. The summed E-state index contributed by atoms with van der Waals surface area (Å²) in [4.78, 5) is 4.65. The van der Waals surface area contributed by atoms with Crippen LogP contribution >= 0.6 is 11.6 Å². The maximum absolute atomic E-state index is 6.12. The molecule has 0 N–H and O–H groups in total. The molecule has 0 atom stereocenters. The van der Waals surface area contributed by atoms with Gasteiger partial charge in [0.1, 0.15) is 11.6 Å². The lowest BCUT2D eigenvalue weighted by Crippen LogP contribution is -2.03. The molecule has 3 rings (SSSR count). The predicted octanol–water partition coefficient (Wildman–Crippen LogP) is 4.39. The molecule has 4 heteroatoms. The zero-order valence-corrected chi connectivity index (χ0v) is 13.1. The number of benzene rings is 2. The van der Waals surface area contributed by atoms with Crippen molar-refractivity contribution in [2.24, 2.45) is 0 Å². The van der Waals surface area contributed by atoms with E-state index in [4.69, 9.17) is 16.3 Å². The highest BCUT2D eigenvalue weighted by atomic mass is 35.5. The minimum Gasteiger partial charge on any atom is -0.495 e. The predicted molar refractivity (Wildman–Crippen MR) is 86.7 cm³/mol. The fourth-order valence-corrected chi connectivity index (χ4v) is 2.85. The maximum Gasteiger partial charge on any atom is 0.142 e. The Morgan fingerprint density at radius 2 is 2.00 bits per heavy atom.